The van der Waals surface area contributed by atoms with Gasteiger partial charge in [0.1, 0.15) is 11.3 Å². The van der Waals surface area contributed by atoms with Gasteiger partial charge in [0.15, 0.2) is 6.61 Å². The number of fused-ring (bicyclic) bond motifs is 1. The molecule has 0 saturated heterocycles. The number of carbonyl (C=O) groups is 1. The van der Waals surface area contributed by atoms with E-state index in [4.69, 9.17) is 4.74 Å². The van der Waals surface area contributed by atoms with E-state index >= 15 is 0 Å². The lowest BCUT2D eigenvalue weighted by Gasteiger charge is -2.07. The maximum absolute atomic E-state index is 12.0. The van der Waals surface area contributed by atoms with Crippen LogP contribution in [0.3, 0.4) is 0 Å². The number of nitrogens with one attached hydrogen (secondary N) is 1. The highest BCUT2D eigenvalue weighted by Gasteiger charge is 2.06. The Morgan fingerprint density at radius 1 is 0.897 bits per heavy atom. The molecular formula is C24H19N3O2. The van der Waals surface area contributed by atoms with Gasteiger partial charge in [-0.1, -0.05) is 72.8 Å². The third-order valence-electron chi connectivity index (χ3n) is 4.38. The largest absolute Gasteiger partial charge is 0.481 e. The van der Waals surface area contributed by atoms with Gasteiger partial charge in [0, 0.05) is 11.6 Å². The molecule has 0 aliphatic carbocycles. The highest BCUT2D eigenvalue weighted by atomic mass is 16.5. The van der Waals surface area contributed by atoms with Gasteiger partial charge in [-0.15, -0.1) is 0 Å². The molecule has 29 heavy (non-hydrogen) atoms. The zero-order valence-electron chi connectivity index (χ0n) is 15.7. The molecule has 142 valence electrons. The average Bonchev–Trinajstić information content (AvgIpc) is 2.79. The summed E-state index contributed by atoms with van der Waals surface area (Å²) in [4.78, 5) is 16.3. The Morgan fingerprint density at radius 3 is 2.48 bits per heavy atom. The van der Waals surface area contributed by atoms with Crippen molar-refractivity contribution < 1.29 is 9.53 Å². The highest BCUT2D eigenvalue weighted by molar-refractivity contribution is 5.86. The molecular weight excluding hydrogens is 362 g/mol. The summed E-state index contributed by atoms with van der Waals surface area (Å²) in [5.41, 5.74) is 6.39. The number of rotatable bonds is 6. The third-order valence-corrected chi connectivity index (χ3v) is 4.38. The second-order valence-electron chi connectivity index (χ2n) is 6.40. The van der Waals surface area contributed by atoms with E-state index < -0.39 is 0 Å². The van der Waals surface area contributed by atoms with E-state index in [0.29, 0.717) is 5.75 Å². The van der Waals surface area contributed by atoms with Crippen molar-refractivity contribution in [2.45, 2.75) is 0 Å². The first-order valence-corrected chi connectivity index (χ1v) is 9.23. The van der Waals surface area contributed by atoms with Crippen LogP contribution in [0.15, 0.2) is 96.2 Å². The van der Waals surface area contributed by atoms with E-state index in [1.165, 1.54) is 0 Å². The van der Waals surface area contributed by atoms with E-state index in [-0.39, 0.29) is 12.5 Å². The fourth-order valence-electron chi connectivity index (χ4n) is 2.94. The third kappa shape index (κ3) is 4.65. The quantitative estimate of drug-likeness (QED) is 0.397. The van der Waals surface area contributed by atoms with Crippen molar-refractivity contribution >= 4 is 23.0 Å². The number of pyridine rings is 1. The molecule has 0 atom stereocenters. The monoisotopic (exact) mass is 381 g/mol. The summed E-state index contributed by atoms with van der Waals surface area (Å²) < 4.78 is 5.60. The van der Waals surface area contributed by atoms with Gasteiger partial charge in [-0.05, 0) is 28.8 Å². The van der Waals surface area contributed by atoms with Crippen LogP contribution in [0.25, 0.3) is 22.0 Å². The topological polar surface area (TPSA) is 63.6 Å². The Kier molecular flexibility index (Phi) is 5.58. The minimum atomic E-state index is -0.338. The number of hydrazone groups is 1. The second kappa shape index (κ2) is 8.80. The molecule has 0 bridgehead atoms. The van der Waals surface area contributed by atoms with E-state index in [1.807, 2.05) is 66.7 Å². The maximum atomic E-state index is 12.0. The number of para-hydroxylation sites is 1. The molecule has 1 aromatic heterocycles. The van der Waals surface area contributed by atoms with Crippen LogP contribution in [0.4, 0.5) is 0 Å². The van der Waals surface area contributed by atoms with Crippen molar-refractivity contribution in [2.75, 3.05) is 6.61 Å². The van der Waals surface area contributed by atoms with Crippen molar-refractivity contribution in [1.82, 2.24) is 10.4 Å². The predicted molar refractivity (Wildman–Crippen MR) is 115 cm³/mol. The molecule has 5 heteroatoms. The number of hydrogen-bond donors (Lipinski definition) is 1. The normalized spacial score (nSPS) is 10.9. The maximum Gasteiger partial charge on any atom is 0.277 e. The van der Waals surface area contributed by atoms with Gasteiger partial charge in [0.25, 0.3) is 5.91 Å². The van der Waals surface area contributed by atoms with Crippen LogP contribution in [-0.4, -0.2) is 23.7 Å². The van der Waals surface area contributed by atoms with Crippen molar-refractivity contribution in [3.8, 4) is 16.9 Å². The summed E-state index contributed by atoms with van der Waals surface area (Å²) in [5, 5.41) is 4.96. The molecule has 3 aromatic carbocycles. The molecule has 0 spiro atoms. The minimum absolute atomic E-state index is 0.139. The number of benzene rings is 3. The van der Waals surface area contributed by atoms with Crippen LogP contribution >= 0.6 is 0 Å². The zero-order chi connectivity index (χ0) is 19.9. The molecule has 4 rings (SSSR count). The summed E-state index contributed by atoms with van der Waals surface area (Å²) in [6, 6.07) is 27.5. The van der Waals surface area contributed by atoms with Crippen LogP contribution in [0.2, 0.25) is 0 Å². The lowest BCUT2D eigenvalue weighted by Crippen LogP contribution is -2.24. The minimum Gasteiger partial charge on any atom is -0.481 e. The summed E-state index contributed by atoms with van der Waals surface area (Å²) in [6.45, 7) is -0.139. The molecule has 0 fully saturated rings. The van der Waals surface area contributed by atoms with Crippen LogP contribution in [-0.2, 0) is 4.79 Å². The molecule has 1 amide bonds. The molecule has 0 aliphatic rings. The van der Waals surface area contributed by atoms with Gasteiger partial charge in [-0.25, -0.2) is 5.43 Å². The molecule has 0 radical (unpaired) electrons. The summed E-state index contributed by atoms with van der Waals surface area (Å²) in [5.74, 6) is 0.230. The average molecular weight is 381 g/mol. The number of carbonyl (C=O) groups excluding carboxylic acids is 1. The molecule has 0 aliphatic heterocycles. The summed E-state index contributed by atoms with van der Waals surface area (Å²) in [7, 11) is 0. The van der Waals surface area contributed by atoms with Crippen LogP contribution in [0.5, 0.6) is 5.75 Å². The molecule has 0 saturated carbocycles. The standard InChI is InChI=1S/C24H19N3O2/c28-23(17-29-22-10-4-8-21-9-5-15-25-24(21)22)27-26-16-18-11-13-20(14-12-18)19-6-2-1-3-7-19/h1-16H,17H2,(H,27,28)/b26-16+. The number of ether oxygens (including phenoxy) is 1. The Hall–Kier alpha value is -3.99. The van der Waals surface area contributed by atoms with Gasteiger partial charge < -0.3 is 4.74 Å². The number of hydrogen-bond acceptors (Lipinski definition) is 4. The van der Waals surface area contributed by atoms with Gasteiger partial charge in [-0.2, -0.15) is 5.10 Å². The Morgan fingerprint density at radius 2 is 1.66 bits per heavy atom. The number of amides is 1. The van der Waals surface area contributed by atoms with E-state index in [0.717, 1.165) is 27.6 Å². The molecule has 0 unspecified atom stereocenters. The Balaban J connectivity index is 1.32. The van der Waals surface area contributed by atoms with Crippen LogP contribution in [0, 0.1) is 0 Å². The molecule has 5 nitrogen and oxygen atoms in total. The Labute approximate surface area is 168 Å². The summed E-state index contributed by atoms with van der Waals surface area (Å²) >= 11 is 0. The van der Waals surface area contributed by atoms with E-state index in [1.54, 1.807) is 18.5 Å². The lowest BCUT2D eigenvalue weighted by molar-refractivity contribution is -0.123. The smallest absolute Gasteiger partial charge is 0.277 e. The molecule has 1 heterocycles. The number of aromatic nitrogens is 1. The molecule has 4 aromatic rings. The van der Waals surface area contributed by atoms with Crippen molar-refractivity contribution in [3.05, 3.63) is 96.7 Å². The van der Waals surface area contributed by atoms with Gasteiger partial charge in [-0.3, -0.25) is 9.78 Å². The number of nitrogens with zero attached hydrogens (tertiary/aromatic N) is 2. The fourth-order valence-corrected chi connectivity index (χ4v) is 2.94. The van der Waals surface area contributed by atoms with Crippen molar-refractivity contribution in [2.24, 2.45) is 5.10 Å². The Bertz CT molecular complexity index is 1130. The van der Waals surface area contributed by atoms with Gasteiger partial charge >= 0.3 is 0 Å². The second-order valence-corrected chi connectivity index (χ2v) is 6.40. The van der Waals surface area contributed by atoms with Crippen molar-refractivity contribution in [1.29, 1.82) is 0 Å². The first-order valence-electron chi connectivity index (χ1n) is 9.23. The van der Waals surface area contributed by atoms with Gasteiger partial charge in [0.2, 0.25) is 0 Å². The lowest BCUT2D eigenvalue weighted by atomic mass is 10.0. The van der Waals surface area contributed by atoms with E-state index in [2.05, 4.69) is 27.6 Å². The first kappa shape index (κ1) is 18.4. The van der Waals surface area contributed by atoms with Crippen LogP contribution < -0.4 is 10.2 Å². The van der Waals surface area contributed by atoms with Crippen molar-refractivity contribution in [3.63, 3.8) is 0 Å². The fraction of sp³-hybridized carbons (Fsp3) is 0.0417. The summed E-state index contributed by atoms with van der Waals surface area (Å²) in [6.07, 6.45) is 3.30. The SMILES string of the molecule is O=C(COc1cccc2cccnc12)N/N=C/c1ccc(-c2ccccc2)cc1. The zero-order valence-corrected chi connectivity index (χ0v) is 15.7. The molecule has 1 N–H and O–H groups in total. The predicted octanol–water partition coefficient (Wildman–Crippen LogP) is 4.43. The highest BCUT2D eigenvalue weighted by Crippen LogP contribution is 2.22. The van der Waals surface area contributed by atoms with Crippen LogP contribution in [0.1, 0.15) is 5.56 Å². The first-order chi connectivity index (χ1) is 14.3. The van der Waals surface area contributed by atoms with E-state index in [9.17, 15) is 4.79 Å². The van der Waals surface area contributed by atoms with Gasteiger partial charge in [0.05, 0.1) is 6.21 Å².